The fourth-order valence-corrected chi connectivity index (χ4v) is 3.57. The van der Waals surface area contributed by atoms with Gasteiger partial charge in [0.1, 0.15) is 23.0 Å². The Kier molecular flexibility index (Phi) is 6.66. The molecular weight excluding hydrogens is 501 g/mol. The number of amides is 1. The van der Waals surface area contributed by atoms with Crippen molar-refractivity contribution in [3.8, 4) is 22.6 Å². The van der Waals surface area contributed by atoms with Crippen LogP contribution < -0.4 is 5.32 Å². The van der Waals surface area contributed by atoms with Crippen molar-refractivity contribution in [1.29, 1.82) is 0 Å². The molecule has 0 aliphatic rings. The smallest absolute Gasteiger partial charge is 0.244 e. The molecule has 2 aromatic carbocycles. The first-order valence-corrected chi connectivity index (χ1v) is 10.9. The molecule has 0 fully saturated rings. The number of furan rings is 2. The van der Waals surface area contributed by atoms with E-state index < -0.39 is 0 Å². The van der Waals surface area contributed by atoms with Crippen LogP contribution in [0.3, 0.4) is 0 Å². The number of hydrogen-bond donors (Lipinski definition) is 1. The Labute approximate surface area is 197 Å². The first-order chi connectivity index (χ1) is 15.0. The molecule has 4 aromatic rings. The Hall–Kier alpha value is -2.73. The van der Waals surface area contributed by atoms with Crippen LogP contribution in [-0.2, 0) is 11.3 Å². The van der Waals surface area contributed by atoms with E-state index in [0.717, 1.165) is 15.8 Å². The van der Waals surface area contributed by atoms with Gasteiger partial charge in [0.2, 0.25) is 5.91 Å². The van der Waals surface area contributed by atoms with Crippen LogP contribution in [0.1, 0.15) is 11.5 Å². The lowest BCUT2D eigenvalue weighted by Gasteiger charge is -2.02. The fourth-order valence-electron chi connectivity index (χ4n) is 2.91. The van der Waals surface area contributed by atoms with Crippen LogP contribution in [-0.4, -0.2) is 5.91 Å². The lowest BCUT2D eigenvalue weighted by atomic mass is 10.2. The number of hydrogen-bond acceptors (Lipinski definition) is 3. The zero-order valence-corrected chi connectivity index (χ0v) is 19.2. The molecule has 2 heterocycles. The van der Waals surface area contributed by atoms with Crippen molar-refractivity contribution >= 4 is 51.1 Å². The highest BCUT2D eigenvalue weighted by Gasteiger charge is 2.10. The maximum absolute atomic E-state index is 12.2. The number of carbonyl (C=O) groups excluding carboxylic acids is 1. The summed E-state index contributed by atoms with van der Waals surface area (Å²) in [5, 5.41) is 3.67. The molecule has 2 aromatic heterocycles. The summed E-state index contributed by atoms with van der Waals surface area (Å²) in [6, 6.07) is 20.4. The zero-order chi connectivity index (χ0) is 21.8. The number of benzene rings is 2. The molecule has 0 atom stereocenters. The second-order valence-electron chi connectivity index (χ2n) is 6.63. The van der Waals surface area contributed by atoms with Crippen LogP contribution in [0.4, 0.5) is 0 Å². The normalized spacial score (nSPS) is 11.2. The van der Waals surface area contributed by atoms with Crippen molar-refractivity contribution in [1.82, 2.24) is 5.32 Å². The molecule has 0 aliphatic carbocycles. The lowest BCUT2D eigenvalue weighted by Crippen LogP contribution is -2.19. The first kappa shape index (κ1) is 21.5. The Morgan fingerprint density at radius 3 is 2.52 bits per heavy atom. The minimum atomic E-state index is -0.264. The van der Waals surface area contributed by atoms with E-state index in [0.29, 0.717) is 32.9 Å². The van der Waals surface area contributed by atoms with Gasteiger partial charge in [0, 0.05) is 21.7 Å². The molecule has 0 aliphatic heterocycles. The van der Waals surface area contributed by atoms with Gasteiger partial charge in [-0.1, -0.05) is 57.3 Å². The summed E-state index contributed by atoms with van der Waals surface area (Å²) in [5.41, 5.74) is 1.66. The zero-order valence-electron chi connectivity index (χ0n) is 16.1. The second kappa shape index (κ2) is 9.60. The van der Waals surface area contributed by atoms with E-state index in [4.69, 9.17) is 32.0 Å². The molecule has 0 bridgehead atoms. The Bertz CT molecular complexity index is 1240. The van der Waals surface area contributed by atoms with E-state index in [-0.39, 0.29) is 12.5 Å². The van der Waals surface area contributed by atoms with Gasteiger partial charge in [-0.05, 0) is 54.6 Å². The van der Waals surface area contributed by atoms with Gasteiger partial charge in [-0.3, -0.25) is 4.79 Å². The van der Waals surface area contributed by atoms with Crippen molar-refractivity contribution in [2.75, 3.05) is 0 Å². The molecule has 4 nitrogen and oxygen atoms in total. The summed E-state index contributed by atoms with van der Waals surface area (Å²) in [5.74, 6) is 2.24. The summed E-state index contributed by atoms with van der Waals surface area (Å²) in [6.45, 7) is 0.279. The van der Waals surface area contributed by atoms with Gasteiger partial charge in [0.25, 0.3) is 0 Å². The van der Waals surface area contributed by atoms with Crippen LogP contribution in [0.25, 0.3) is 28.7 Å². The Morgan fingerprint density at radius 1 is 0.935 bits per heavy atom. The predicted molar refractivity (Wildman–Crippen MR) is 127 cm³/mol. The quantitative estimate of drug-likeness (QED) is 0.268. The molecule has 1 N–H and O–H groups in total. The number of nitrogens with one attached hydrogen (secondary N) is 1. The molecule has 0 unspecified atom stereocenters. The Balaban J connectivity index is 1.35. The SMILES string of the molecule is O=C(/C=C/c1ccc(-c2cccc(Cl)c2Cl)o1)NCc1ccc(-c2ccc(Br)cc2)o1. The van der Waals surface area contributed by atoms with E-state index in [9.17, 15) is 4.79 Å². The third-order valence-corrected chi connectivity index (χ3v) is 5.82. The van der Waals surface area contributed by atoms with Gasteiger partial charge in [0.15, 0.2) is 0 Å². The van der Waals surface area contributed by atoms with Crippen LogP contribution in [0.5, 0.6) is 0 Å². The molecule has 0 spiro atoms. The van der Waals surface area contributed by atoms with Gasteiger partial charge in [0.05, 0.1) is 16.6 Å². The largest absolute Gasteiger partial charge is 0.459 e. The highest BCUT2D eigenvalue weighted by molar-refractivity contribution is 9.10. The molecule has 0 saturated carbocycles. The van der Waals surface area contributed by atoms with Crippen molar-refractivity contribution in [3.63, 3.8) is 0 Å². The maximum Gasteiger partial charge on any atom is 0.244 e. The van der Waals surface area contributed by atoms with E-state index in [1.165, 1.54) is 6.08 Å². The molecule has 156 valence electrons. The van der Waals surface area contributed by atoms with Gasteiger partial charge >= 0.3 is 0 Å². The standard InChI is InChI=1S/C24H16BrCl2NO3/c25-16-6-4-15(5-7-16)21-11-9-18(31-21)14-28-23(29)13-10-17-8-12-22(30-17)19-2-1-3-20(26)24(19)27/h1-13H,14H2,(H,28,29)/b13-10+. The van der Waals surface area contributed by atoms with Crippen molar-refractivity contribution in [2.45, 2.75) is 6.54 Å². The topological polar surface area (TPSA) is 55.4 Å². The molecule has 1 amide bonds. The molecule has 31 heavy (non-hydrogen) atoms. The summed E-state index contributed by atoms with van der Waals surface area (Å²) < 4.78 is 12.5. The summed E-state index contributed by atoms with van der Waals surface area (Å²) in [4.78, 5) is 12.2. The molecule has 4 rings (SSSR count). The van der Waals surface area contributed by atoms with Crippen molar-refractivity contribution in [2.24, 2.45) is 0 Å². The summed E-state index contributed by atoms with van der Waals surface area (Å²) >= 11 is 15.7. The van der Waals surface area contributed by atoms with Gasteiger partial charge in [-0.15, -0.1) is 0 Å². The number of rotatable bonds is 6. The third kappa shape index (κ3) is 5.31. The Morgan fingerprint density at radius 2 is 1.71 bits per heavy atom. The van der Waals surface area contributed by atoms with Gasteiger partial charge in [-0.2, -0.15) is 0 Å². The van der Waals surface area contributed by atoms with Crippen LogP contribution >= 0.6 is 39.1 Å². The van der Waals surface area contributed by atoms with Gasteiger partial charge in [-0.25, -0.2) is 0 Å². The monoisotopic (exact) mass is 515 g/mol. The molecule has 7 heteroatoms. The first-order valence-electron chi connectivity index (χ1n) is 9.34. The van der Waals surface area contributed by atoms with Crippen LogP contribution in [0, 0.1) is 0 Å². The number of carbonyl (C=O) groups is 1. The van der Waals surface area contributed by atoms with E-state index in [1.54, 1.807) is 30.3 Å². The highest BCUT2D eigenvalue weighted by atomic mass is 79.9. The minimum Gasteiger partial charge on any atom is -0.459 e. The van der Waals surface area contributed by atoms with Crippen molar-refractivity contribution in [3.05, 3.63) is 98.8 Å². The van der Waals surface area contributed by atoms with Crippen LogP contribution in [0.2, 0.25) is 10.0 Å². The minimum absolute atomic E-state index is 0.264. The predicted octanol–water partition coefficient (Wildman–Crippen LogP) is 7.61. The molecular formula is C24H16BrCl2NO3. The highest BCUT2D eigenvalue weighted by Crippen LogP contribution is 2.34. The van der Waals surface area contributed by atoms with E-state index in [1.807, 2.05) is 42.5 Å². The summed E-state index contributed by atoms with van der Waals surface area (Å²) in [7, 11) is 0. The molecule has 0 radical (unpaired) electrons. The average Bonchev–Trinajstić information content (AvgIpc) is 3.43. The molecule has 0 saturated heterocycles. The number of halogens is 3. The second-order valence-corrected chi connectivity index (χ2v) is 8.33. The van der Waals surface area contributed by atoms with E-state index >= 15 is 0 Å². The maximum atomic E-state index is 12.2. The van der Waals surface area contributed by atoms with Gasteiger partial charge < -0.3 is 14.2 Å². The van der Waals surface area contributed by atoms with E-state index in [2.05, 4.69) is 21.2 Å². The summed E-state index contributed by atoms with van der Waals surface area (Å²) in [6.07, 6.45) is 2.99. The fraction of sp³-hybridized carbons (Fsp3) is 0.0417. The third-order valence-electron chi connectivity index (χ3n) is 4.47. The van der Waals surface area contributed by atoms with Crippen LogP contribution in [0.15, 0.2) is 86.1 Å². The average molecular weight is 517 g/mol. The lowest BCUT2D eigenvalue weighted by molar-refractivity contribution is -0.116. The van der Waals surface area contributed by atoms with Crippen molar-refractivity contribution < 1.29 is 13.6 Å².